The predicted octanol–water partition coefficient (Wildman–Crippen LogP) is 2.76. The summed E-state index contributed by atoms with van der Waals surface area (Å²) in [5.41, 5.74) is 2.85. The van der Waals surface area contributed by atoms with Crippen molar-refractivity contribution in [2.24, 2.45) is 7.05 Å². The molecule has 0 saturated heterocycles. The van der Waals surface area contributed by atoms with E-state index in [4.69, 9.17) is 16.0 Å². The molecule has 1 N–H and O–H groups in total. The number of rotatable bonds is 4. The Morgan fingerprint density at radius 3 is 2.87 bits per heavy atom. The van der Waals surface area contributed by atoms with Crippen molar-refractivity contribution in [3.63, 3.8) is 0 Å². The Labute approximate surface area is 137 Å². The zero-order valence-electron chi connectivity index (χ0n) is 12.5. The monoisotopic (exact) mass is 330 g/mol. The molecule has 0 unspecified atom stereocenters. The summed E-state index contributed by atoms with van der Waals surface area (Å²) in [6.45, 7) is 0.489. The molecule has 1 amide bonds. The maximum Gasteiger partial charge on any atom is 0.419 e. The van der Waals surface area contributed by atoms with Crippen molar-refractivity contribution in [1.29, 1.82) is 0 Å². The van der Waals surface area contributed by atoms with Crippen LogP contribution in [-0.4, -0.2) is 17.0 Å². The number of nitrogens with zero attached hydrogens (tertiary/aromatic N) is 1. The van der Waals surface area contributed by atoms with E-state index in [0.29, 0.717) is 29.1 Å². The normalized spacial score (nSPS) is 10.9. The molecule has 0 fully saturated rings. The average molecular weight is 331 g/mol. The first-order valence-corrected chi connectivity index (χ1v) is 7.54. The minimum absolute atomic E-state index is 0.163. The Balaban J connectivity index is 1.65. The molecular weight excluding hydrogens is 316 g/mol. The number of hydrogen-bond acceptors (Lipinski definition) is 3. The zero-order chi connectivity index (χ0) is 16.4. The molecule has 1 heterocycles. The van der Waals surface area contributed by atoms with Crippen LogP contribution in [0.1, 0.15) is 15.9 Å². The van der Waals surface area contributed by atoms with E-state index in [9.17, 15) is 9.59 Å². The highest BCUT2D eigenvalue weighted by Gasteiger charge is 2.08. The summed E-state index contributed by atoms with van der Waals surface area (Å²) in [6.07, 6.45) is 0.654. The number of hydrogen-bond donors (Lipinski definition) is 1. The number of nitrogens with one attached hydrogen (secondary N) is 1. The Hall–Kier alpha value is -2.53. The minimum Gasteiger partial charge on any atom is -0.408 e. The van der Waals surface area contributed by atoms with Gasteiger partial charge in [0.15, 0.2) is 5.58 Å². The molecule has 0 aliphatic rings. The lowest BCUT2D eigenvalue weighted by Crippen LogP contribution is -2.25. The van der Waals surface area contributed by atoms with Crippen molar-refractivity contribution < 1.29 is 9.21 Å². The fourth-order valence-corrected chi connectivity index (χ4v) is 2.57. The van der Waals surface area contributed by atoms with Gasteiger partial charge in [0.05, 0.1) is 5.52 Å². The van der Waals surface area contributed by atoms with Gasteiger partial charge in [-0.2, -0.15) is 0 Å². The van der Waals surface area contributed by atoms with Crippen molar-refractivity contribution in [3.8, 4) is 0 Å². The third kappa shape index (κ3) is 3.29. The first-order chi connectivity index (χ1) is 11.0. The molecule has 1 aromatic heterocycles. The number of fused-ring (bicyclic) bond motifs is 1. The number of amides is 1. The van der Waals surface area contributed by atoms with Gasteiger partial charge >= 0.3 is 5.76 Å². The van der Waals surface area contributed by atoms with Gasteiger partial charge in [-0.25, -0.2) is 4.79 Å². The summed E-state index contributed by atoms with van der Waals surface area (Å²) >= 11 is 5.87. The molecule has 0 saturated carbocycles. The number of aryl methyl sites for hydroxylation is 1. The Bertz CT molecular complexity index is 927. The molecule has 0 radical (unpaired) electrons. The van der Waals surface area contributed by atoms with E-state index < -0.39 is 0 Å². The molecule has 23 heavy (non-hydrogen) atoms. The summed E-state index contributed by atoms with van der Waals surface area (Å²) in [5, 5.41) is 3.38. The van der Waals surface area contributed by atoms with Crippen LogP contribution in [0, 0.1) is 0 Å². The molecule has 0 bridgehead atoms. The van der Waals surface area contributed by atoms with Crippen LogP contribution < -0.4 is 11.1 Å². The van der Waals surface area contributed by atoms with Crippen LogP contribution >= 0.6 is 11.6 Å². The van der Waals surface area contributed by atoms with Gasteiger partial charge in [0.2, 0.25) is 0 Å². The van der Waals surface area contributed by atoms with Gasteiger partial charge in [0.25, 0.3) is 5.91 Å². The Morgan fingerprint density at radius 1 is 1.26 bits per heavy atom. The number of carbonyl (C=O) groups is 1. The predicted molar refractivity (Wildman–Crippen MR) is 88.9 cm³/mol. The van der Waals surface area contributed by atoms with Crippen molar-refractivity contribution in [1.82, 2.24) is 9.88 Å². The smallest absolute Gasteiger partial charge is 0.408 e. The van der Waals surface area contributed by atoms with Crippen LogP contribution in [0.2, 0.25) is 5.02 Å². The van der Waals surface area contributed by atoms with Crippen LogP contribution in [0.4, 0.5) is 0 Å². The van der Waals surface area contributed by atoms with E-state index in [1.165, 1.54) is 4.57 Å². The summed E-state index contributed by atoms with van der Waals surface area (Å²) in [4.78, 5) is 23.5. The Morgan fingerprint density at radius 2 is 2.09 bits per heavy atom. The van der Waals surface area contributed by atoms with E-state index in [0.717, 1.165) is 11.1 Å². The van der Waals surface area contributed by atoms with Crippen molar-refractivity contribution in [2.45, 2.75) is 6.42 Å². The van der Waals surface area contributed by atoms with E-state index in [1.807, 2.05) is 12.1 Å². The molecule has 118 valence electrons. The summed E-state index contributed by atoms with van der Waals surface area (Å²) < 4.78 is 6.55. The van der Waals surface area contributed by atoms with E-state index in [1.54, 1.807) is 37.4 Å². The van der Waals surface area contributed by atoms with Gasteiger partial charge in [-0.3, -0.25) is 9.36 Å². The SMILES string of the molecule is Cn1c(=O)oc2ccc(CCNC(=O)c3cccc(Cl)c3)cc21. The summed E-state index contributed by atoms with van der Waals surface area (Å²) in [6, 6.07) is 12.4. The largest absolute Gasteiger partial charge is 0.419 e. The highest BCUT2D eigenvalue weighted by atomic mass is 35.5. The second-order valence-corrected chi connectivity index (χ2v) is 5.68. The van der Waals surface area contributed by atoms with Crippen LogP contribution in [0.3, 0.4) is 0 Å². The number of carbonyl (C=O) groups excluding carboxylic acids is 1. The summed E-state index contributed by atoms with van der Waals surface area (Å²) in [7, 11) is 1.67. The number of oxazole rings is 1. The standard InChI is InChI=1S/C17H15ClN2O3/c1-20-14-9-11(5-6-15(14)23-17(20)22)7-8-19-16(21)12-3-2-4-13(18)10-12/h2-6,9-10H,7-8H2,1H3,(H,19,21). The molecule has 3 aromatic rings. The minimum atomic E-state index is -0.383. The third-order valence-electron chi connectivity index (χ3n) is 3.64. The van der Waals surface area contributed by atoms with E-state index in [2.05, 4.69) is 5.32 Å². The Kier molecular flexibility index (Phi) is 4.21. The maximum atomic E-state index is 12.0. The maximum absolute atomic E-state index is 12.0. The fourth-order valence-electron chi connectivity index (χ4n) is 2.38. The lowest BCUT2D eigenvalue weighted by molar-refractivity contribution is 0.0954. The van der Waals surface area contributed by atoms with Crippen molar-refractivity contribution >= 4 is 28.6 Å². The van der Waals surface area contributed by atoms with Gasteiger partial charge in [0.1, 0.15) is 0 Å². The highest BCUT2D eigenvalue weighted by molar-refractivity contribution is 6.30. The van der Waals surface area contributed by atoms with Crippen molar-refractivity contribution in [3.05, 3.63) is 69.2 Å². The quantitative estimate of drug-likeness (QED) is 0.800. The van der Waals surface area contributed by atoms with Crippen LogP contribution in [-0.2, 0) is 13.5 Å². The van der Waals surface area contributed by atoms with E-state index >= 15 is 0 Å². The molecule has 5 nitrogen and oxygen atoms in total. The first kappa shape index (κ1) is 15.4. The van der Waals surface area contributed by atoms with Crippen LogP contribution in [0.25, 0.3) is 11.1 Å². The first-order valence-electron chi connectivity index (χ1n) is 7.17. The van der Waals surface area contributed by atoms with Crippen LogP contribution in [0.5, 0.6) is 0 Å². The van der Waals surface area contributed by atoms with Crippen LogP contribution in [0.15, 0.2) is 51.7 Å². The third-order valence-corrected chi connectivity index (χ3v) is 3.88. The van der Waals surface area contributed by atoms with Gasteiger partial charge in [0, 0.05) is 24.2 Å². The molecule has 6 heteroatoms. The second-order valence-electron chi connectivity index (χ2n) is 5.25. The average Bonchev–Trinajstić information content (AvgIpc) is 2.82. The number of benzene rings is 2. The molecule has 0 atom stereocenters. The number of aromatic nitrogens is 1. The van der Waals surface area contributed by atoms with Crippen molar-refractivity contribution in [2.75, 3.05) is 6.54 Å². The topological polar surface area (TPSA) is 64.2 Å². The fraction of sp³-hybridized carbons (Fsp3) is 0.176. The molecule has 2 aromatic carbocycles. The molecular formula is C17H15ClN2O3. The molecule has 3 rings (SSSR count). The van der Waals surface area contributed by atoms with Gasteiger partial charge in [-0.15, -0.1) is 0 Å². The van der Waals surface area contributed by atoms with E-state index in [-0.39, 0.29) is 11.7 Å². The lowest BCUT2D eigenvalue weighted by atomic mass is 10.1. The van der Waals surface area contributed by atoms with Gasteiger partial charge in [-0.1, -0.05) is 23.7 Å². The lowest BCUT2D eigenvalue weighted by Gasteiger charge is -2.06. The molecule has 0 spiro atoms. The summed E-state index contributed by atoms with van der Waals surface area (Å²) in [5.74, 6) is -0.546. The van der Waals surface area contributed by atoms with Gasteiger partial charge < -0.3 is 9.73 Å². The molecule has 0 aliphatic heterocycles. The van der Waals surface area contributed by atoms with Gasteiger partial charge in [-0.05, 0) is 42.3 Å². The number of halogens is 1. The second kappa shape index (κ2) is 6.30. The highest BCUT2D eigenvalue weighted by Crippen LogP contribution is 2.14. The molecule has 0 aliphatic carbocycles. The zero-order valence-corrected chi connectivity index (χ0v) is 13.3.